The van der Waals surface area contributed by atoms with Crippen molar-refractivity contribution in [1.29, 1.82) is 0 Å². The zero-order valence-corrected chi connectivity index (χ0v) is 15.4. The maximum atomic E-state index is 12.8. The number of methoxy groups -OCH3 is 1. The van der Waals surface area contributed by atoms with Gasteiger partial charge in [-0.2, -0.15) is 0 Å². The van der Waals surface area contributed by atoms with Gasteiger partial charge in [0, 0.05) is 24.5 Å². The first-order chi connectivity index (χ1) is 13.1. The van der Waals surface area contributed by atoms with Crippen molar-refractivity contribution in [3.63, 3.8) is 0 Å². The molecule has 1 unspecified atom stereocenters. The highest BCUT2D eigenvalue weighted by Crippen LogP contribution is 2.39. The lowest BCUT2D eigenvalue weighted by Gasteiger charge is -2.25. The minimum atomic E-state index is -0.666. The highest BCUT2D eigenvalue weighted by molar-refractivity contribution is 6.46. The van der Waals surface area contributed by atoms with Crippen LogP contribution in [0.1, 0.15) is 36.9 Å². The summed E-state index contributed by atoms with van der Waals surface area (Å²) in [5.74, 6) is -0.755. The molecule has 1 saturated heterocycles. The van der Waals surface area contributed by atoms with E-state index in [-0.39, 0.29) is 11.3 Å². The molecule has 1 N–H and O–H groups in total. The maximum Gasteiger partial charge on any atom is 0.295 e. The number of aliphatic hydroxyl groups is 1. The van der Waals surface area contributed by atoms with Gasteiger partial charge in [-0.25, -0.2) is 0 Å². The van der Waals surface area contributed by atoms with Crippen LogP contribution < -0.4 is 4.74 Å². The average Bonchev–Trinajstić information content (AvgIpc) is 2.97. The smallest absolute Gasteiger partial charge is 0.295 e. The molecule has 27 heavy (non-hydrogen) atoms. The maximum absolute atomic E-state index is 12.8. The minimum absolute atomic E-state index is 0.104. The first kappa shape index (κ1) is 18.6. The van der Waals surface area contributed by atoms with Gasteiger partial charge < -0.3 is 14.7 Å². The molecular weight excluding hydrogens is 344 g/mol. The van der Waals surface area contributed by atoms with Crippen LogP contribution >= 0.6 is 0 Å². The molecule has 3 rings (SSSR count). The number of ketones is 1. The van der Waals surface area contributed by atoms with Crippen LogP contribution in [0.15, 0.2) is 54.4 Å². The van der Waals surface area contributed by atoms with Crippen molar-refractivity contribution in [3.8, 4) is 5.75 Å². The molecule has 2 aromatic rings. The van der Waals surface area contributed by atoms with Crippen LogP contribution in [0.5, 0.6) is 5.75 Å². The van der Waals surface area contributed by atoms with Gasteiger partial charge in [0.25, 0.3) is 11.7 Å². The average molecular weight is 366 g/mol. The summed E-state index contributed by atoms with van der Waals surface area (Å²) in [6.07, 6.45) is 4.73. The summed E-state index contributed by atoms with van der Waals surface area (Å²) in [5.41, 5.74) is 1.31. The van der Waals surface area contributed by atoms with E-state index in [4.69, 9.17) is 4.74 Å². The predicted molar refractivity (Wildman–Crippen MR) is 101 cm³/mol. The van der Waals surface area contributed by atoms with Crippen molar-refractivity contribution in [1.82, 2.24) is 9.88 Å². The van der Waals surface area contributed by atoms with Crippen molar-refractivity contribution in [2.24, 2.45) is 0 Å². The van der Waals surface area contributed by atoms with Crippen molar-refractivity contribution >= 4 is 17.4 Å². The third kappa shape index (κ3) is 3.56. The Bertz CT molecular complexity index is 860. The number of carbonyl (C=O) groups is 2. The molecule has 1 amide bonds. The van der Waals surface area contributed by atoms with E-state index in [0.717, 1.165) is 18.4 Å². The second-order valence-electron chi connectivity index (χ2n) is 6.36. The molecule has 6 heteroatoms. The molecule has 0 radical (unpaired) electrons. The summed E-state index contributed by atoms with van der Waals surface area (Å²) in [4.78, 5) is 30.9. The number of aliphatic hydroxyl groups excluding tert-OH is 1. The fourth-order valence-electron chi connectivity index (χ4n) is 3.24. The molecule has 1 aliphatic rings. The summed E-state index contributed by atoms with van der Waals surface area (Å²) in [5, 5.41) is 10.8. The number of benzene rings is 1. The molecule has 0 aliphatic carbocycles. The van der Waals surface area contributed by atoms with Gasteiger partial charge >= 0.3 is 0 Å². The van der Waals surface area contributed by atoms with Crippen molar-refractivity contribution in [2.45, 2.75) is 25.8 Å². The van der Waals surface area contributed by atoms with Crippen LogP contribution in [0.3, 0.4) is 0 Å². The van der Waals surface area contributed by atoms with E-state index in [1.54, 1.807) is 36.3 Å². The van der Waals surface area contributed by atoms with Gasteiger partial charge in [0.05, 0.1) is 18.7 Å². The standard InChI is InChI=1S/C21H22N2O4/c1-3-4-13-23-18(14-5-7-16(27-2)8-6-14)17(20(25)21(23)26)19(24)15-9-11-22-12-10-15/h5-12,18,24H,3-4,13H2,1-2H3/b19-17-. The molecule has 0 spiro atoms. The van der Waals surface area contributed by atoms with Gasteiger partial charge in [-0.3, -0.25) is 14.6 Å². The van der Waals surface area contributed by atoms with Gasteiger partial charge in [0.1, 0.15) is 11.5 Å². The quantitative estimate of drug-likeness (QED) is 0.482. The molecule has 2 heterocycles. The van der Waals surface area contributed by atoms with Crippen LogP contribution in [-0.2, 0) is 9.59 Å². The van der Waals surface area contributed by atoms with Crippen LogP contribution in [-0.4, -0.2) is 40.3 Å². The van der Waals surface area contributed by atoms with Crippen LogP contribution in [0.2, 0.25) is 0 Å². The Morgan fingerprint density at radius 2 is 1.81 bits per heavy atom. The molecule has 6 nitrogen and oxygen atoms in total. The number of aromatic nitrogens is 1. The SMILES string of the molecule is CCCCN1C(=O)C(=O)/C(=C(\O)c2ccncc2)C1c1ccc(OC)cc1. The molecule has 1 aromatic carbocycles. The largest absolute Gasteiger partial charge is 0.507 e. The predicted octanol–water partition coefficient (Wildman–Crippen LogP) is 3.31. The van der Waals surface area contributed by atoms with Gasteiger partial charge in [0.2, 0.25) is 0 Å². The molecule has 1 aromatic heterocycles. The zero-order chi connectivity index (χ0) is 19.4. The molecule has 1 atom stereocenters. The summed E-state index contributed by atoms with van der Waals surface area (Å²) in [6, 6.07) is 9.78. The Labute approximate surface area is 158 Å². The van der Waals surface area contributed by atoms with E-state index in [2.05, 4.69) is 4.98 Å². The summed E-state index contributed by atoms with van der Waals surface area (Å²) in [7, 11) is 1.58. The van der Waals surface area contributed by atoms with Gasteiger partial charge in [-0.1, -0.05) is 25.5 Å². The van der Waals surface area contributed by atoms with Crippen LogP contribution in [0.25, 0.3) is 5.76 Å². The third-order valence-electron chi connectivity index (χ3n) is 4.68. The second-order valence-corrected chi connectivity index (χ2v) is 6.36. The number of hydrogen-bond acceptors (Lipinski definition) is 5. The number of Topliss-reactive ketones (excluding diaryl/α,β-unsaturated/α-hetero) is 1. The summed E-state index contributed by atoms with van der Waals surface area (Å²) < 4.78 is 5.19. The molecular formula is C21H22N2O4. The van der Waals surface area contributed by atoms with Crippen LogP contribution in [0.4, 0.5) is 0 Å². The zero-order valence-electron chi connectivity index (χ0n) is 15.4. The number of pyridine rings is 1. The Hall–Kier alpha value is -3.15. The minimum Gasteiger partial charge on any atom is -0.507 e. The van der Waals surface area contributed by atoms with Gasteiger partial charge in [-0.15, -0.1) is 0 Å². The first-order valence-corrected chi connectivity index (χ1v) is 8.91. The molecule has 1 fully saturated rings. The molecule has 140 valence electrons. The van der Waals surface area contributed by atoms with Crippen molar-refractivity contribution in [2.75, 3.05) is 13.7 Å². The molecule has 1 aliphatic heterocycles. The second kappa shape index (κ2) is 8.03. The molecule has 0 bridgehead atoms. The summed E-state index contributed by atoms with van der Waals surface area (Å²) >= 11 is 0. The van der Waals surface area contributed by atoms with E-state index in [1.807, 2.05) is 19.1 Å². The Morgan fingerprint density at radius 3 is 2.41 bits per heavy atom. The normalized spacial score (nSPS) is 18.7. The number of hydrogen-bond donors (Lipinski definition) is 1. The number of likely N-dealkylation sites (tertiary alicyclic amines) is 1. The highest BCUT2D eigenvalue weighted by atomic mass is 16.5. The van der Waals surface area contributed by atoms with Crippen molar-refractivity contribution in [3.05, 3.63) is 65.5 Å². The molecule has 0 saturated carbocycles. The lowest BCUT2D eigenvalue weighted by atomic mass is 9.95. The first-order valence-electron chi connectivity index (χ1n) is 8.91. The van der Waals surface area contributed by atoms with Crippen molar-refractivity contribution < 1.29 is 19.4 Å². The van der Waals surface area contributed by atoms with Crippen LogP contribution in [0, 0.1) is 0 Å². The highest BCUT2D eigenvalue weighted by Gasteiger charge is 2.45. The number of nitrogens with zero attached hydrogens (tertiary/aromatic N) is 2. The van der Waals surface area contributed by atoms with E-state index in [0.29, 0.717) is 17.9 Å². The Kier molecular flexibility index (Phi) is 5.54. The lowest BCUT2D eigenvalue weighted by molar-refractivity contribution is -0.139. The number of ether oxygens (including phenoxy) is 1. The van der Waals surface area contributed by atoms with E-state index < -0.39 is 17.7 Å². The topological polar surface area (TPSA) is 79.7 Å². The van der Waals surface area contributed by atoms with E-state index >= 15 is 0 Å². The monoisotopic (exact) mass is 366 g/mol. The Morgan fingerprint density at radius 1 is 1.15 bits per heavy atom. The number of amides is 1. The third-order valence-corrected chi connectivity index (χ3v) is 4.68. The van der Waals surface area contributed by atoms with Gasteiger partial charge in [0.15, 0.2) is 0 Å². The number of rotatable bonds is 6. The number of unbranched alkanes of at least 4 members (excludes halogenated alkanes) is 1. The van der Waals surface area contributed by atoms with E-state index in [1.165, 1.54) is 12.4 Å². The fourth-order valence-corrected chi connectivity index (χ4v) is 3.24. The van der Waals surface area contributed by atoms with E-state index in [9.17, 15) is 14.7 Å². The van der Waals surface area contributed by atoms with Gasteiger partial charge in [-0.05, 0) is 36.2 Å². The lowest BCUT2D eigenvalue weighted by Crippen LogP contribution is -2.30. The number of carbonyl (C=O) groups excluding carboxylic acids is 2. The fraction of sp³-hybridized carbons (Fsp3) is 0.286. The Balaban J connectivity index is 2.13. The summed E-state index contributed by atoms with van der Waals surface area (Å²) in [6.45, 7) is 2.47.